The Hall–Kier alpha value is -4.28. The quantitative estimate of drug-likeness (QED) is 0.417. The summed E-state index contributed by atoms with van der Waals surface area (Å²) in [6, 6.07) is 4.04. The number of benzene rings is 1. The number of halogens is 6. The Morgan fingerprint density at radius 2 is 1.66 bits per heavy atom. The van der Waals surface area contributed by atoms with Crippen molar-refractivity contribution in [3.05, 3.63) is 70.4 Å². The summed E-state index contributed by atoms with van der Waals surface area (Å²) in [4.78, 5) is 32.5. The van der Waals surface area contributed by atoms with E-state index in [0.29, 0.717) is 12.1 Å². The van der Waals surface area contributed by atoms with Crippen LogP contribution in [0.1, 0.15) is 63.4 Å². The molecule has 14 heteroatoms. The van der Waals surface area contributed by atoms with Crippen LogP contribution >= 0.6 is 0 Å². The Bertz CT molecular complexity index is 1290. The van der Waals surface area contributed by atoms with Crippen LogP contribution in [0.4, 0.5) is 26.3 Å². The van der Waals surface area contributed by atoms with Gasteiger partial charge in [0.2, 0.25) is 5.82 Å². The smallest absolute Gasteiger partial charge is 0.342 e. The second-order valence-electron chi connectivity index (χ2n) is 7.27. The van der Waals surface area contributed by atoms with E-state index in [1.807, 2.05) is 6.07 Å². The molecule has 1 atom stereocenters. The third-order valence-corrected chi connectivity index (χ3v) is 4.62. The highest BCUT2D eigenvalue weighted by molar-refractivity contribution is 5.95. The van der Waals surface area contributed by atoms with Crippen LogP contribution in [0.25, 0.3) is 5.82 Å². The van der Waals surface area contributed by atoms with Crippen molar-refractivity contribution in [2.24, 2.45) is 0 Å². The van der Waals surface area contributed by atoms with E-state index in [-0.39, 0.29) is 29.1 Å². The number of amides is 1. The van der Waals surface area contributed by atoms with Gasteiger partial charge in [0.05, 0.1) is 22.7 Å². The van der Waals surface area contributed by atoms with E-state index in [9.17, 15) is 35.9 Å². The molecule has 0 bridgehead atoms. The number of rotatable bonds is 5. The molecule has 1 amide bonds. The minimum absolute atomic E-state index is 0.0901. The molecule has 0 saturated heterocycles. The van der Waals surface area contributed by atoms with Gasteiger partial charge < -0.3 is 5.32 Å². The molecule has 8 nitrogen and oxygen atoms in total. The lowest BCUT2D eigenvalue weighted by atomic mass is 10.0. The van der Waals surface area contributed by atoms with Crippen LogP contribution in [0.5, 0.6) is 0 Å². The van der Waals surface area contributed by atoms with E-state index in [4.69, 9.17) is 5.26 Å². The molecular weight excluding hydrogens is 482 g/mol. The fourth-order valence-corrected chi connectivity index (χ4v) is 2.91. The number of pyridine rings is 1. The van der Waals surface area contributed by atoms with Crippen LogP contribution in [-0.4, -0.2) is 31.4 Å². The third-order valence-electron chi connectivity index (χ3n) is 4.62. The van der Waals surface area contributed by atoms with Crippen LogP contribution in [0.2, 0.25) is 0 Å². The molecule has 1 N–H and O–H groups in total. The number of aromatic nitrogens is 4. The number of Topliss-reactive ketones (excluding diaryl/α,β-unsaturated/α-hetero) is 1. The average molecular weight is 496 g/mol. The summed E-state index contributed by atoms with van der Waals surface area (Å²) >= 11 is 0. The monoisotopic (exact) mass is 496 g/mol. The Morgan fingerprint density at radius 1 is 1.06 bits per heavy atom. The summed E-state index contributed by atoms with van der Waals surface area (Å²) in [5.41, 5.74) is -3.92. The largest absolute Gasteiger partial charge is 0.416 e. The number of nitrogens with one attached hydrogen (secondary N) is 1. The topological polar surface area (TPSA) is 114 Å². The summed E-state index contributed by atoms with van der Waals surface area (Å²) in [7, 11) is 0. The van der Waals surface area contributed by atoms with Crippen molar-refractivity contribution in [2.45, 2.75) is 32.2 Å². The van der Waals surface area contributed by atoms with Gasteiger partial charge >= 0.3 is 12.4 Å². The van der Waals surface area contributed by atoms with Gasteiger partial charge in [-0.3, -0.25) is 9.59 Å². The highest BCUT2D eigenvalue weighted by Gasteiger charge is 2.37. The maximum atomic E-state index is 13.1. The van der Waals surface area contributed by atoms with Crippen molar-refractivity contribution in [1.29, 1.82) is 5.26 Å². The molecule has 1 aromatic carbocycles. The zero-order valence-corrected chi connectivity index (χ0v) is 17.9. The van der Waals surface area contributed by atoms with Crippen LogP contribution in [0.15, 0.2) is 36.5 Å². The van der Waals surface area contributed by atoms with Crippen molar-refractivity contribution in [3.8, 4) is 11.9 Å². The molecule has 0 radical (unpaired) electrons. The van der Waals surface area contributed by atoms with Crippen molar-refractivity contribution >= 4 is 11.7 Å². The number of nitrogens with zero attached hydrogens (tertiary/aromatic N) is 5. The molecule has 35 heavy (non-hydrogen) atoms. The van der Waals surface area contributed by atoms with E-state index in [1.165, 1.54) is 32.2 Å². The van der Waals surface area contributed by atoms with Crippen molar-refractivity contribution in [1.82, 2.24) is 25.1 Å². The van der Waals surface area contributed by atoms with Gasteiger partial charge in [-0.05, 0) is 37.3 Å². The van der Waals surface area contributed by atoms with E-state index >= 15 is 0 Å². The van der Waals surface area contributed by atoms with Crippen molar-refractivity contribution < 1.29 is 35.9 Å². The number of hydrogen-bond donors (Lipinski definition) is 1. The van der Waals surface area contributed by atoms with E-state index in [0.717, 1.165) is 4.68 Å². The highest BCUT2D eigenvalue weighted by Crippen LogP contribution is 2.36. The molecule has 0 saturated carbocycles. The average Bonchev–Trinajstić information content (AvgIpc) is 3.23. The molecule has 1 unspecified atom stereocenters. The minimum Gasteiger partial charge on any atom is -0.342 e. The molecular formula is C21H14F6N6O2. The van der Waals surface area contributed by atoms with Crippen LogP contribution in [-0.2, 0) is 12.4 Å². The first-order chi connectivity index (χ1) is 16.2. The molecule has 3 aromatic rings. The van der Waals surface area contributed by atoms with Crippen molar-refractivity contribution in [3.63, 3.8) is 0 Å². The number of nitriles is 1. The van der Waals surface area contributed by atoms with E-state index in [1.54, 1.807) is 0 Å². The minimum atomic E-state index is -5.12. The Balaban J connectivity index is 1.94. The first-order valence-corrected chi connectivity index (χ1v) is 9.65. The van der Waals surface area contributed by atoms with Gasteiger partial charge in [-0.25, -0.2) is 9.97 Å². The zero-order valence-electron chi connectivity index (χ0n) is 17.9. The van der Waals surface area contributed by atoms with Gasteiger partial charge in [-0.15, -0.1) is 5.10 Å². The van der Waals surface area contributed by atoms with Gasteiger partial charge in [0, 0.05) is 18.7 Å². The van der Waals surface area contributed by atoms with Crippen molar-refractivity contribution in [2.75, 3.05) is 0 Å². The summed E-state index contributed by atoms with van der Waals surface area (Å²) in [5.74, 6) is -2.03. The molecule has 2 aromatic heterocycles. The van der Waals surface area contributed by atoms with Gasteiger partial charge in [0.25, 0.3) is 5.91 Å². The van der Waals surface area contributed by atoms with Gasteiger partial charge in [0.15, 0.2) is 17.4 Å². The van der Waals surface area contributed by atoms with Crippen LogP contribution < -0.4 is 5.32 Å². The second-order valence-corrected chi connectivity index (χ2v) is 7.27. The lowest BCUT2D eigenvalue weighted by Gasteiger charge is -2.15. The predicted octanol–water partition coefficient (Wildman–Crippen LogP) is 4.27. The molecule has 0 spiro atoms. The maximum Gasteiger partial charge on any atom is 0.416 e. The number of carbonyl (C=O) groups is 2. The number of carbonyl (C=O) groups excluding carboxylic acids is 2. The van der Waals surface area contributed by atoms with E-state index < -0.39 is 46.8 Å². The first-order valence-electron chi connectivity index (χ1n) is 9.65. The van der Waals surface area contributed by atoms with E-state index in [2.05, 4.69) is 20.4 Å². The molecule has 2 heterocycles. The Kier molecular flexibility index (Phi) is 6.64. The van der Waals surface area contributed by atoms with Crippen LogP contribution in [0, 0.1) is 11.3 Å². The molecule has 3 rings (SSSR count). The normalized spacial score (nSPS) is 12.7. The molecule has 0 fully saturated rings. The molecule has 0 aliphatic heterocycles. The number of ketones is 1. The van der Waals surface area contributed by atoms with Gasteiger partial charge in [-0.2, -0.15) is 36.3 Å². The lowest BCUT2D eigenvalue weighted by molar-refractivity contribution is -0.143. The standard InChI is InChI=1S/C21H14F6N6O2/c1-10(17-31-18(11(2)34)33(32-17)16-4-3-12(8-28)9-29-16)30-19(35)13-5-14(20(22,23)24)7-15(6-13)21(25,26)27/h3-7,9-10H,1-2H3,(H,30,35). The first kappa shape index (κ1) is 25.3. The fraction of sp³-hybridized carbons (Fsp3) is 0.238. The number of hydrogen-bond acceptors (Lipinski definition) is 6. The SMILES string of the molecule is CC(=O)c1nc(C(C)NC(=O)c2cc(C(F)(F)F)cc(C(F)(F)F)c2)nn1-c1ccc(C#N)cn1. The maximum absolute atomic E-state index is 13.1. The zero-order chi connectivity index (χ0) is 26.1. The predicted molar refractivity (Wildman–Crippen MR) is 106 cm³/mol. The fourth-order valence-electron chi connectivity index (χ4n) is 2.91. The summed E-state index contributed by atoms with van der Waals surface area (Å²) in [6.07, 6.45) is -9.02. The summed E-state index contributed by atoms with van der Waals surface area (Å²) in [6.45, 7) is 2.50. The lowest BCUT2D eigenvalue weighted by Crippen LogP contribution is -2.28. The Labute approximate surface area is 193 Å². The second kappa shape index (κ2) is 9.16. The Morgan fingerprint density at radius 3 is 2.11 bits per heavy atom. The summed E-state index contributed by atoms with van der Waals surface area (Å²) in [5, 5.41) is 15.2. The third kappa shape index (κ3) is 5.62. The van der Waals surface area contributed by atoms with Gasteiger partial charge in [0.1, 0.15) is 6.07 Å². The number of alkyl halides is 6. The summed E-state index contributed by atoms with van der Waals surface area (Å²) < 4.78 is 79.5. The highest BCUT2D eigenvalue weighted by atomic mass is 19.4. The van der Waals surface area contributed by atoms with Gasteiger partial charge in [-0.1, -0.05) is 0 Å². The van der Waals surface area contributed by atoms with Crippen LogP contribution in [0.3, 0.4) is 0 Å². The molecule has 0 aliphatic carbocycles. The molecule has 0 aliphatic rings. The molecule has 182 valence electrons.